The molecule has 3 rings (SSSR count). The molecule has 1 aliphatic rings. The van der Waals surface area contributed by atoms with Crippen molar-refractivity contribution >= 4 is 24.3 Å². The number of aromatic amines is 1. The maximum absolute atomic E-state index is 14.7. The molecule has 0 saturated heterocycles. The monoisotopic (exact) mass is 379 g/mol. The van der Waals surface area contributed by atoms with Crippen LogP contribution in [-0.2, 0) is 16.8 Å². The fraction of sp³-hybridized carbons (Fsp3) is 0.389. The summed E-state index contributed by atoms with van der Waals surface area (Å²) in [6, 6.07) is 6.76. The molecule has 0 bridgehead atoms. The second-order valence-corrected chi connectivity index (χ2v) is 7.10. The smallest absolute Gasteiger partial charge is 0.237 e. The highest BCUT2D eigenvalue weighted by Crippen LogP contribution is 2.47. The molecule has 1 aromatic heterocycles. The van der Waals surface area contributed by atoms with Crippen LogP contribution in [0.5, 0.6) is 0 Å². The van der Waals surface area contributed by atoms with E-state index < -0.39 is 16.8 Å². The van der Waals surface area contributed by atoms with Crippen molar-refractivity contribution in [2.24, 2.45) is 16.1 Å². The average Bonchev–Trinajstić information content (AvgIpc) is 3.06. The average molecular weight is 380 g/mol. The summed E-state index contributed by atoms with van der Waals surface area (Å²) in [6.45, 7) is 5.29. The lowest BCUT2D eigenvalue weighted by Crippen LogP contribution is -2.58. The van der Waals surface area contributed by atoms with Crippen LogP contribution in [0.2, 0.25) is 0 Å². The van der Waals surface area contributed by atoms with Gasteiger partial charge in [0.25, 0.3) is 0 Å². The Morgan fingerprint density at radius 2 is 1.96 bits per heavy atom. The fourth-order valence-corrected chi connectivity index (χ4v) is 3.23. The Hall–Kier alpha value is -2.41. The van der Waals surface area contributed by atoms with E-state index in [0.29, 0.717) is 12.0 Å². The van der Waals surface area contributed by atoms with E-state index in [4.69, 9.17) is 5.73 Å². The summed E-state index contributed by atoms with van der Waals surface area (Å²) in [6.07, 6.45) is 2.25. The normalized spacial score (nSPS) is 22.0. The number of nitrogens with one attached hydrogen (secondary N) is 1. The van der Waals surface area contributed by atoms with Crippen LogP contribution >= 0.6 is 12.4 Å². The summed E-state index contributed by atoms with van der Waals surface area (Å²) in [4.78, 5) is 18.5. The Balaban J connectivity index is 0.00000243. The summed E-state index contributed by atoms with van der Waals surface area (Å²) >= 11 is 0. The largest absolute Gasteiger partial charge is 0.369 e. The Bertz CT molecular complexity index is 849. The predicted molar refractivity (Wildman–Crippen MR) is 101 cm³/mol. The number of benzene rings is 1. The number of nitrogens with two attached hydrogens (primary N) is 1. The Labute approximate surface area is 158 Å². The second kappa shape index (κ2) is 6.72. The number of rotatable bonds is 3. The van der Waals surface area contributed by atoms with Crippen LogP contribution in [0.15, 0.2) is 35.5 Å². The third-order valence-electron chi connectivity index (χ3n) is 5.25. The van der Waals surface area contributed by atoms with Gasteiger partial charge in [-0.25, -0.2) is 9.38 Å². The number of guanidine groups is 1. The number of halogens is 2. The highest BCUT2D eigenvalue weighted by atomic mass is 35.5. The molecule has 2 aromatic rings. The zero-order valence-electron chi connectivity index (χ0n) is 15.2. The first-order chi connectivity index (χ1) is 11.7. The number of hydrogen-bond donors (Lipinski definition) is 2. The lowest BCUT2D eigenvalue weighted by molar-refractivity contribution is -0.140. The molecule has 0 radical (unpaired) electrons. The zero-order chi connectivity index (χ0) is 18.4. The molecule has 0 unspecified atom stereocenters. The van der Waals surface area contributed by atoms with Crippen LogP contribution in [0.1, 0.15) is 37.6 Å². The molecule has 1 aliphatic heterocycles. The van der Waals surface area contributed by atoms with Gasteiger partial charge in [-0.1, -0.05) is 12.1 Å². The second-order valence-electron chi connectivity index (χ2n) is 7.10. The molecule has 26 heavy (non-hydrogen) atoms. The van der Waals surface area contributed by atoms with Gasteiger partial charge in [0.1, 0.15) is 11.4 Å². The van der Waals surface area contributed by atoms with Crippen molar-refractivity contribution in [2.45, 2.75) is 32.7 Å². The van der Waals surface area contributed by atoms with Gasteiger partial charge in [-0.3, -0.25) is 14.8 Å². The third-order valence-corrected chi connectivity index (χ3v) is 5.25. The van der Waals surface area contributed by atoms with Gasteiger partial charge in [0.05, 0.1) is 5.41 Å². The lowest BCUT2D eigenvalue weighted by atomic mass is 9.67. The third kappa shape index (κ3) is 2.96. The topological polar surface area (TPSA) is 87.4 Å². The van der Waals surface area contributed by atoms with Crippen molar-refractivity contribution < 1.29 is 9.18 Å². The minimum absolute atomic E-state index is 0. The van der Waals surface area contributed by atoms with Gasteiger partial charge in [-0.05, 0) is 38.5 Å². The van der Waals surface area contributed by atoms with E-state index in [-0.39, 0.29) is 24.3 Å². The zero-order valence-corrected chi connectivity index (χ0v) is 16.0. The molecule has 1 aromatic carbocycles. The number of hydrogen-bond acceptors (Lipinski definition) is 4. The number of aromatic nitrogens is 2. The van der Waals surface area contributed by atoms with Crippen LogP contribution in [0, 0.1) is 11.2 Å². The Morgan fingerprint density at radius 1 is 1.27 bits per heavy atom. The summed E-state index contributed by atoms with van der Waals surface area (Å²) in [7, 11) is 1.58. The molecule has 0 spiro atoms. The highest BCUT2D eigenvalue weighted by Gasteiger charge is 2.53. The fourth-order valence-electron chi connectivity index (χ4n) is 3.23. The van der Waals surface area contributed by atoms with Crippen LogP contribution in [0.3, 0.4) is 0 Å². The molecule has 3 N–H and O–H groups in total. The van der Waals surface area contributed by atoms with Crippen molar-refractivity contribution in [2.75, 3.05) is 7.05 Å². The molecule has 0 saturated carbocycles. The van der Waals surface area contributed by atoms with Gasteiger partial charge in [0, 0.05) is 30.9 Å². The number of carbonyl (C=O) groups is 1. The van der Waals surface area contributed by atoms with E-state index in [1.807, 2.05) is 6.07 Å². The molecular formula is C18H23ClFN5O. The van der Waals surface area contributed by atoms with Crippen LogP contribution in [0.25, 0.3) is 0 Å². The molecule has 1 atom stereocenters. The van der Waals surface area contributed by atoms with Gasteiger partial charge < -0.3 is 5.73 Å². The number of aliphatic imine (C=N–C) groups is 1. The van der Waals surface area contributed by atoms with E-state index in [1.54, 1.807) is 46.1 Å². The van der Waals surface area contributed by atoms with E-state index >= 15 is 0 Å². The number of carbonyl (C=O) groups excluding carboxylic acids is 1. The summed E-state index contributed by atoms with van der Waals surface area (Å²) in [5.74, 6) is -0.510. The predicted octanol–water partition coefficient (Wildman–Crippen LogP) is 2.59. The molecule has 6 nitrogen and oxygen atoms in total. The summed E-state index contributed by atoms with van der Waals surface area (Å²) in [5, 5.41) is 6.82. The van der Waals surface area contributed by atoms with Gasteiger partial charge >= 0.3 is 0 Å². The molecule has 0 aliphatic carbocycles. The SMILES string of the molecule is CN1C(=O)C(C)(C)[C@@](C)(c2cc(Cc3ccn[nH]3)ccc2F)N=C1N.Cl. The van der Waals surface area contributed by atoms with E-state index in [9.17, 15) is 9.18 Å². The molecule has 140 valence electrons. The molecular weight excluding hydrogens is 357 g/mol. The Morgan fingerprint density at radius 3 is 2.58 bits per heavy atom. The van der Waals surface area contributed by atoms with Crippen molar-refractivity contribution in [1.29, 1.82) is 0 Å². The van der Waals surface area contributed by atoms with Crippen LogP contribution in [0.4, 0.5) is 4.39 Å². The number of H-pyrrole nitrogens is 1. The van der Waals surface area contributed by atoms with Gasteiger partial charge in [-0.15, -0.1) is 12.4 Å². The first-order valence-electron chi connectivity index (χ1n) is 8.07. The van der Waals surface area contributed by atoms with E-state index in [2.05, 4.69) is 15.2 Å². The maximum Gasteiger partial charge on any atom is 0.237 e. The first-order valence-corrected chi connectivity index (χ1v) is 8.07. The molecule has 2 heterocycles. The molecule has 8 heteroatoms. The number of nitrogens with zero attached hydrogens (tertiary/aromatic N) is 3. The van der Waals surface area contributed by atoms with E-state index in [1.165, 1.54) is 11.0 Å². The van der Waals surface area contributed by atoms with Crippen molar-refractivity contribution in [3.05, 3.63) is 53.1 Å². The molecule has 1 amide bonds. The first kappa shape index (κ1) is 19.9. The quantitative estimate of drug-likeness (QED) is 0.859. The van der Waals surface area contributed by atoms with Crippen molar-refractivity contribution in [3.63, 3.8) is 0 Å². The van der Waals surface area contributed by atoms with E-state index in [0.717, 1.165) is 11.3 Å². The highest BCUT2D eigenvalue weighted by molar-refractivity contribution is 6.01. The van der Waals surface area contributed by atoms with Crippen molar-refractivity contribution in [3.8, 4) is 0 Å². The van der Waals surface area contributed by atoms with Gasteiger partial charge in [0.15, 0.2) is 5.96 Å². The minimum Gasteiger partial charge on any atom is -0.369 e. The summed E-state index contributed by atoms with van der Waals surface area (Å²) in [5.41, 5.74) is 6.05. The molecule has 0 fully saturated rings. The van der Waals surface area contributed by atoms with Crippen molar-refractivity contribution in [1.82, 2.24) is 15.1 Å². The maximum atomic E-state index is 14.7. The van der Waals surface area contributed by atoms with Gasteiger partial charge in [-0.2, -0.15) is 5.10 Å². The van der Waals surface area contributed by atoms with Crippen LogP contribution in [-0.4, -0.2) is 34.0 Å². The Kier molecular flexibility index (Phi) is 5.14. The van der Waals surface area contributed by atoms with Crippen LogP contribution < -0.4 is 5.73 Å². The lowest BCUT2D eigenvalue weighted by Gasteiger charge is -2.46. The summed E-state index contributed by atoms with van der Waals surface area (Å²) < 4.78 is 14.7. The standard InChI is InChI=1S/C18H22FN5O.ClH/c1-17(2)15(25)24(4)16(20)22-18(17,3)13-10-11(5-6-14(13)19)9-12-7-8-21-23-12;/h5-8,10H,9H2,1-4H3,(H2,20,22)(H,21,23);1H/t18-;/m1./s1. The number of amides is 1. The minimum atomic E-state index is -1.10. The van der Waals surface area contributed by atoms with Gasteiger partial charge in [0.2, 0.25) is 5.91 Å².